The van der Waals surface area contributed by atoms with Gasteiger partial charge in [0.05, 0.1) is 18.3 Å². The fourth-order valence-electron chi connectivity index (χ4n) is 4.48. The molecule has 132 valence electrons. The summed E-state index contributed by atoms with van der Waals surface area (Å²) in [7, 11) is 3.31. The Morgan fingerprint density at radius 2 is 1.67 bits per heavy atom. The summed E-state index contributed by atoms with van der Waals surface area (Å²) in [4.78, 5) is 14.0. The lowest BCUT2D eigenvalue weighted by Gasteiger charge is -2.47. The summed E-state index contributed by atoms with van der Waals surface area (Å²) < 4.78 is 10.8. The molecule has 0 aromatic heterocycles. The van der Waals surface area contributed by atoms with Gasteiger partial charge < -0.3 is 14.4 Å². The van der Waals surface area contributed by atoms with Crippen LogP contribution in [0.2, 0.25) is 0 Å². The number of piperidine rings is 1. The molecular formula is C20H29NO3. The highest BCUT2D eigenvalue weighted by Gasteiger charge is 2.41. The minimum atomic E-state index is -0.282. The average Bonchev–Trinajstić information content (AvgIpc) is 2.68. The summed E-state index contributed by atoms with van der Waals surface area (Å²) in [6, 6.07) is 7.74. The van der Waals surface area contributed by atoms with Crippen molar-refractivity contribution < 1.29 is 14.3 Å². The molecule has 2 aliphatic rings. The summed E-state index contributed by atoms with van der Waals surface area (Å²) in [5.74, 6) is 0.441. The van der Waals surface area contributed by atoms with Crippen LogP contribution in [-0.4, -0.2) is 38.9 Å². The number of anilines is 1. The Balaban J connectivity index is 1.64. The first-order chi connectivity index (χ1) is 11.7. The monoisotopic (exact) mass is 331 g/mol. The molecule has 4 nitrogen and oxygen atoms in total. The Morgan fingerprint density at radius 1 is 1.04 bits per heavy atom. The second-order valence-corrected chi connectivity index (χ2v) is 7.13. The van der Waals surface area contributed by atoms with E-state index in [-0.39, 0.29) is 11.6 Å². The standard InChI is InChI=1S/C20H29NO3/c1-23-19(22)16-8-10-18(11-9-16)21-14-12-20(24-2,13-15-21)17-6-4-3-5-7-17/h8-11,17H,3-7,12-15H2,1-2H3. The van der Waals surface area contributed by atoms with Gasteiger partial charge in [-0.15, -0.1) is 0 Å². The smallest absolute Gasteiger partial charge is 0.337 e. The average molecular weight is 331 g/mol. The number of ether oxygens (including phenoxy) is 2. The molecule has 1 aromatic rings. The van der Waals surface area contributed by atoms with Gasteiger partial charge in [0.15, 0.2) is 0 Å². The van der Waals surface area contributed by atoms with Gasteiger partial charge in [0.1, 0.15) is 0 Å². The molecule has 1 saturated carbocycles. The van der Waals surface area contributed by atoms with Gasteiger partial charge in [0, 0.05) is 25.9 Å². The fraction of sp³-hybridized carbons (Fsp3) is 0.650. The molecule has 1 aliphatic heterocycles. The van der Waals surface area contributed by atoms with E-state index >= 15 is 0 Å². The maximum atomic E-state index is 11.5. The Labute approximate surface area is 145 Å². The first kappa shape index (κ1) is 17.3. The molecule has 4 heteroatoms. The highest BCUT2D eigenvalue weighted by Crippen LogP contribution is 2.42. The molecule has 2 fully saturated rings. The number of carbonyl (C=O) groups is 1. The van der Waals surface area contributed by atoms with Crippen LogP contribution < -0.4 is 4.90 Å². The van der Waals surface area contributed by atoms with E-state index in [1.54, 1.807) is 0 Å². The van der Waals surface area contributed by atoms with Crippen LogP contribution in [0.4, 0.5) is 5.69 Å². The lowest BCUT2D eigenvalue weighted by molar-refractivity contribution is -0.0856. The molecule has 0 amide bonds. The third kappa shape index (κ3) is 3.44. The van der Waals surface area contributed by atoms with Crippen molar-refractivity contribution in [1.29, 1.82) is 0 Å². The summed E-state index contributed by atoms with van der Waals surface area (Å²) in [6.07, 6.45) is 8.92. The maximum absolute atomic E-state index is 11.5. The quantitative estimate of drug-likeness (QED) is 0.781. The fourth-order valence-corrected chi connectivity index (χ4v) is 4.48. The predicted octanol–water partition coefficient (Wildman–Crippen LogP) is 4.04. The number of methoxy groups -OCH3 is 2. The van der Waals surface area contributed by atoms with Gasteiger partial charge in [-0.05, 0) is 55.9 Å². The lowest BCUT2D eigenvalue weighted by atomic mass is 9.72. The molecule has 0 radical (unpaired) electrons. The number of esters is 1. The molecule has 1 aromatic carbocycles. The molecule has 1 saturated heterocycles. The van der Waals surface area contributed by atoms with Crippen LogP contribution in [0.1, 0.15) is 55.3 Å². The highest BCUT2D eigenvalue weighted by molar-refractivity contribution is 5.89. The van der Waals surface area contributed by atoms with Crippen LogP contribution in [0.5, 0.6) is 0 Å². The Kier molecular flexibility index (Phi) is 5.44. The first-order valence-electron chi connectivity index (χ1n) is 9.17. The van der Waals surface area contributed by atoms with Gasteiger partial charge in [-0.2, -0.15) is 0 Å². The Morgan fingerprint density at radius 3 is 2.21 bits per heavy atom. The molecule has 0 spiro atoms. The molecule has 0 atom stereocenters. The molecule has 0 N–H and O–H groups in total. The summed E-state index contributed by atoms with van der Waals surface area (Å²) in [6.45, 7) is 2.03. The van der Waals surface area contributed by atoms with Crippen LogP contribution in [0.25, 0.3) is 0 Å². The number of carbonyl (C=O) groups excluding carboxylic acids is 1. The van der Waals surface area contributed by atoms with Crippen LogP contribution in [0, 0.1) is 5.92 Å². The largest absolute Gasteiger partial charge is 0.465 e. The van der Waals surface area contributed by atoms with Gasteiger partial charge in [0.2, 0.25) is 0 Å². The molecule has 24 heavy (non-hydrogen) atoms. The van der Waals surface area contributed by atoms with Gasteiger partial charge in [-0.25, -0.2) is 4.79 Å². The molecule has 0 unspecified atom stereocenters. The topological polar surface area (TPSA) is 38.8 Å². The van der Waals surface area contributed by atoms with Crippen molar-refractivity contribution in [1.82, 2.24) is 0 Å². The number of nitrogens with zero attached hydrogens (tertiary/aromatic N) is 1. The van der Waals surface area contributed by atoms with Crippen LogP contribution >= 0.6 is 0 Å². The minimum Gasteiger partial charge on any atom is -0.465 e. The van der Waals surface area contributed by atoms with E-state index in [0.29, 0.717) is 5.56 Å². The highest BCUT2D eigenvalue weighted by atomic mass is 16.5. The zero-order valence-corrected chi connectivity index (χ0v) is 14.9. The van der Waals surface area contributed by atoms with Crippen molar-refractivity contribution in [2.24, 2.45) is 5.92 Å². The zero-order chi connectivity index (χ0) is 17.0. The van der Waals surface area contributed by atoms with Gasteiger partial charge >= 0.3 is 5.97 Å². The number of hydrogen-bond donors (Lipinski definition) is 0. The SMILES string of the molecule is COC(=O)c1ccc(N2CCC(OC)(C3CCCCC3)CC2)cc1. The van der Waals surface area contributed by atoms with E-state index in [9.17, 15) is 4.79 Å². The van der Waals surface area contributed by atoms with E-state index in [1.165, 1.54) is 44.9 Å². The van der Waals surface area contributed by atoms with Crippen molar-refractivity contribution >= 4 is 11.7 Å². The van der Waals surface area contributed by atoms with E-state index in [0.717, 1.165) is 31.8 Å². The van der Waals surface area contributed by atoms with E-state index in [1.807, 2.05) is 31.4 Å². The summed E-state index contributed by atoms with van der Waals surface area (Å²) >= 11 is 0. The van der Waals surface area contributed by atoms with Crippen molar-refractivity contribution in [2.75, 3.05) is 32.2 Å². The maximum Gasteiger partial charge on any atom is 0.337 e. The number of benzene rings is 1. The van der Waals surface area contributed by atoms with Crippen molar-refractivity contribution in [3.05, 3.63) is 29.8 Å². The van der Waals surface area contributed by atoms with Gasteiger partial charge in [-0.3, -0.25) is 0 Å². The summed E-state index contributed by atoms with van der Waals surface area (Å²) in [5, 5.41) is 0. The Bertz CT molecular complexity index is 541. The Hall–Kier alpha value is -1.55. The van der Waals surface area contributed by atoms with E-state index in [4.69, 9.17) is 9.47 Å². The number of rotatable bonds is 4. The zero-order valence-electron chi connectivity index (χ0n) is 14.9. The van der Waals surface area contributed by atoms with Gasteiger partial charge in [-0.1, -0.05) is 19.3 Å². The second-order valence-electron chi connectivity index (χ2n) is 7.13. The van der Waals surface area contributed by atoms with E-state index in [2.05, 4.69) is 4.90 Å². The van der Waals surface area contributed by atoms with Crippen molar-refractivity contribution in [3.63, 3.8) is 0 Å². The third-order valence-electron chi connectivity index (χ3n) is 6.02. The first-order valence-corrected chi connectivity index (χ1v) is 9.17. The van der Waals surface area contributed by atoms with Crippen LogP contribution in [0.3, 0.4) is 0 Å². The van der Waals surface area contributed by atoms with Crippen molar-refractivity contribution in [3.8, 4) is 0 Å². The minimum absolute atomic E-state index is 0.0723. The van der Waals surface area contributed by atoms with E-state index < -0.39 is 0 Å². The van der Waals surface area contributed by atoms with Gasteiger partial charge in [0.25, 0.3) is 0 Å². The van der Waals surface area contributed by atoms with Crippen molar-refractivity contribution in [2.45, 2.75) is 50.5 Å². The molecule has 3 rings (SSSR count). The number of hydrogen-bond acceptors (Lipinski definition) is 4. The van der Waals surface area contributed by atoms with Crippen LogP contribution in [-0.2, 0) is 9.47 Å². The molecule has 1 heterocycles. The third-order valence-corrected chi connectivity index (χ3v) is 6.02. The second kappa shape index (κ2) is 7.56. The molecule has 0 bridgehead atoms. The summed E-state index contributed by atoms with van der Waals surface area (Å²) in [5.41, 5.74) is 1.85. The molecule has 1 aliphatic carbocycles. The predicted molar refractivity (Wildman–Crippen MR) is 95.5 cm³/mol. The molecular weight excluding hydrogens is 302 g/mol. The lowest BCUT2D eigenvalue weighted by Crippen LogP contribution is -2.50. The normalized spacial score (nSPS) is 21.5. The van der Waals surface area contributed by atoms with Crippen LogP contribution in [0.15, 0.2) is 24.3 Å².